The SMILES string of the molecule is CNC1CCc2c([nH]c3cc(OC)ccc23)C1. The van der Waals surface area contributed by atoms with Crippen molar-refractivity contribution in [1.29, 1.82) is 0 Å². The van der Waals surface area contributed by atoms with Crippen LogP contribution in [0.4, 0.5) is 0 Å². The minimum absolute atomic E-state index is 0.609. The Hall–Kier alpha value is -1.48. The highest BCUT2D eigenvalue weighted by Gasteiger charge is 2.21. The van der Waals surface area contributed by atoms with Crippen LogP contribution in [0.5, 0.6) is 5.75 Å². The number of H-pyrrole nitrogens is 1. The van der Waals surface area contributed by atoms with Gasteiger partial charge < -0.3 is 15.0 Å². The van der Waals surface area contributed by atoms with Gasteiger partial charge in [0.1, 0.15) is 5.75 Å². The molecule has 1 atom stereocenters. The van der Waals surface area contributed by atoms with E-state index in [1.807, 2.05) is 13.1 Å². The maximum absolute atomic E-state index is 5.26. The van der Waals surface area contributed by atoms with Crippen molar-refractivity contribution in [3.05, 3.63) is 29.5 Å². The van der Waals surface area contributed by atoms with E-state index < -0.39 is 0 Å². The van der Waals surface area contributed by atoms with Crippen molar-refractivity contribution in [2.45, 2.75) is 25.3 Å². The van der Waals surface area contributed by atoms with Crippen LogP contribution in [0.15, 0.2) is 18.2 Å². The fourth-order valence-corrected chi connectivity index (χ4v) is 2.79. The highest BCUT2D eigenvalue weighted by Crippen LogP contribution is 2.31. The van der Waals surface area contributed by atoms with E-state index in [0.29, 0.717) is 6.04 Å². The Labute approximate surface area is 101 Å². The average molecular weight is 230 g/mol. The Morgan fingerprint density at radius 3 is 3.06 bits per heavy atom. The molecule has 0 saturated carbocycles. The summed E-state index contributed by atoms with van der Waals surface area (Å²) in [6.45, 7) is 0. The molecule has 2 N–H and O–H groups in total. The fourth-order valence-electron chi connectivity index (χ4n) is 2.79. The zero-order valence-electron chi connectivity index (χ0n) is 10.3. The molecular formula is C14H18N2O. The zero-order chi connectivity index (χ0) is 11.8. The topological polar surface area (TPSA) is 37.0 Å². The van der Waals surface area contributed by atoms with Gasteiger partial charge in [-0.05, 0) is 37.6 Å². The number of nitrogens with one attached hydrogen (secondary N) is 2. The molecule has 1 aromatic carbocycles. The van der Waals surface area contributed by atoms with Crippen LogP contribution < -0.4 is 10.1 Å². The third kappa shape index (κ3) is 1.71. The van der Waals surface area contributed by atoms with Gasteiger partial charge in [-0.3, -0.25) is 0 Å². The molecule has 0 saturated heterocycles. The van der Waals surface area contributed by atoms with E-state index in [0.717, 1.165) is 18.6 Å². The third-order valence-electron chi connectivity index (χ3n) is 3.80. The normalized spacial score (nSPS) is 19.3. The zero-order valence-corrected chi connectivity index (χ0v) is 10.3. The highest BCUT2D eigenvalue weighted by atomic mass is 16.5. The number of aryl methyl sites for hydroxylation is 1. The first kappa shape index (κ1) is 10.7. The number of methoxy groups -OCH3 is 1. The number of benzene rings is 1. The molecule has 0 spiro atoms. The number of aromatic amines is 1. The number of aromatic nitrogens is 1. The van der Waals surface area contributed by atoms with Crippen LogP contribution in [0.3, 0.4) is 0 Å². The summed E-state index contributed by atoms with van der Waals surface area (Å²) >= 11 is 0. The van der Waals surface area contributed by atoms with Crippen LogP contribution >= 0.6 is 0 Å². The molecule has 3 rings (SSSR count). The number of ether oxygens (including phenoxy) is 1. The maximum Gasteiger partial charge on any atom is 0.120 e. The average Bonchev–Trinajstić information content (AvgIpc) is 2.74. The van der Waals surface area contributed by atoms with Crippen molar-refractivity contribution in [3.8, 4) is 5.75 Å². The Bertz CT molecular complexity index is 544. The first-order valence-corrected chi connectivity index (χ1v) is 6.16. The molecular weight excluding hydrogens is 212 g/mol. The van der Waals surface area contributed by atoms with Gasteiger partial charge in [-0.25, -0.2) is 0 Å². The van der Waals surface area contributed by atoms with Crippen molar-refractivity contribution in [2.75, 3.05) is 14.2 Å². The standard InChI is InChI=1S/C14H18N2O/c1-15-9-3-5-11-12-6-4-10(17-2)8-14(12)16-13(11)7-9/h4,6,8-9,15-16H,3,5,7H2,1-2H3. The molecule has 0 bridgehead atoms. The van der Waals surface area contributed by atoms with E-state index in [9.17, 15) is 0 Å². The molecule has 3 nitrogen and oxygen atoms in total. The van der Waals surface area contributed by atoms with Gasteiger partial charge >= 0.3 is 0 Å². The number of hydrogen-bond donors (Lipinski definition) is 2. The lowest BCUT2D eigenvalue weighted by Gasteiger charge is -2.21. The van der Waals surface area contributed by atoms with Gasteiger partial charge in [0.05, 0.1) is 7.11 Å². The number of fused-ring (bicyclic) bond motifs is 3. The fraction of sp³-hybridized carbons (Fsp3) is 0.429. The quantitative estimate of drug-likeness (QED) is 0.830. The number of rotatable bonds is 2. The predicted octanol–water partition coefficient (Wildman–Crippen LogP) is 2.25. The summed E-state index contributed by atoms with van der Waals surface area (Å²) in [7, 11) is 3.75. The van der Waals surface area contributed by atoms with Crippen LogP contribution in [0, 0.1) is 0 Å². The summed E-state index contributed by atoms with van der Waals surface area (Å²) in [4.78, 5) is 3.54. The summed E-state index contributed by atoms with van der Waals surface area (Å²) in [6, 6.07) is 6.91. The largest absolute Gasteiger partial charge is 0.497 e. The van der Waals surface area contributed by atoms with E-state index in [1.165, 1.54) is 28.6 Å². The molecule has 1 unspecified atom stereocenters. The smallest absolute Gasteiger partial charge is 0.120 e. The molecule has 0 amide bonds. The minimum atomic E-state index is 0.609. The molecule has 2 aromatic rings. The molecule has 1 aromatic heterocycles. The summed E-state index contributed by atoms with van der Waals surface area (Å²) in [5, 5.41) is 4.72. The highest BCUT2D eigenvalue weighted by molar-refractivity contribution is 5.86. The van der Waals surface area contributed by atoms with E-state index in [1.54, 1.807) is 7.11 Å². The molecule has 1 aliphatic carbocycles. The van der Waals surface area contributed by atoms with E-state index in [-0.39, 0.29) is 0 Å². The summed E-state index contributed by atoms with van der Waals surface area (Å²) < 4.78 is 5.26. The van der Waals surface area contributed by atoms with Crippen LogP contribution in [0.25, 0.3) is 10.9 Å². The van der Waals surface area contributed by atoms with Crippen LogP contribution in [-0.2, 0) is 12.8 Å². The molecule has 90 valence electrons. The van der Waals surface area contributed by atoms with Crippen LogP contribution in [-0.4, -0.2) is 25.2 Å². The Morgan fingerprint density at radius 2 is 2.29 bits per heavy atom. The van der Waals surface area contributed by atoms with E-state index in [2.05, 4.69) is 22.4 Å². The molecule has 0 radical (unpaired) electrons. The van der Waals surface area contributed by atoms with Crippen molar-refractivity contribution in [3.63, 3.8) is 0 Å². The van der Waals surface area contributed by atoms with Gasteiger partial charge in [0.15, 0.2) is 0 Å². The summed E-state index contributed by atoms with van der Waals surface area (Å²) in [6.07, 6.45) is 3.48. The predicted molar refractivity (Wildman–Crippen MR) is 69.7 cm³/mol. The first-order chi connectivity index (χ1) is 8.31. The Morgan fingerprint density at radius 1 is 1.41 bits per heavy atom. The number of likely N-dealkylation sites (N-methyl/N-ethyl adjacent to an activating group) is 1. The molecule has 17 heavy (non-hydrogen) atoms. The van der Waals surface area contributed by atoms with Crippen LogP contribution in [0.1, 0.15) is 17.7 Å². The van der Waals surface area contributed by atoms with Gasteiger partial charge in [0.2, 0.25) is 0 Å². The van der Waals surface area contributed by atoms with Gasteiger partial charge in [-0.1, -0.05) is 0 Å². The second-order valence-electron chi connectivity index (χ2n) is 4.72. The molecule has 1 heterocycles. The van der Waals surface area contributed by atoms with Gasteiger partial charge in [-0.2, -0.15) is 0 Å². The second kappa shape index (κ2) is 4.08. The van der Waals surface area contributed by atoms with Crippen molar-refractivity contribution < 1.29 is 4.74 Å². The van der Waals surface area contributed by atoms with Crippen molar-refractivity contribution >= 4 is 10.9 Å². The van der Waals surface area contributed by atoms with E-state index >= 15 is 0 Å². The van der Waals surface area contributed by atoms with Crippen molar-refractivity contribution in [1.82, 2.24) is 10.3 Å². The van der Waals surface area contributed by atoms with Gasteiger partial charge in [0, 0.05) is 35.1 Å². The summed E-state index contributed by atoms with van der Waals surface area (Å²) in [5.74, 6) is 0.918. The monoisotopic (exact) mass is 230 g/mol. The molecule has 0 fully saturated rings. The third-order valence-corrected chi connectivity index (χ3v) is 3.80. The van der Waals surface area contributed by atoms with Crippen molar-refractivity contribution in [2.24, 2.45) is 0 Å². The first-order valence-electron chi connectivity index (χ1n) is 6.16. The molecule has 3 heteroatoms. The number of hydrogen-bond acceptors (Lipinski definition) is 2. The molecule has 0 aliphatic heterocycles. The lowest BCUT2D eigenvalue weighted by molar-refractivity contribution is 0.415. The lowest BCUT2D eigenvalue weighted by atomic mass is 9.92. The molecule has 1 aliphatic rings. The Balaban J connectivity index is 2.08. The minimum Gasteiger partial charge on any atom is -0.497 e. The van der Waals surface area contributed by atoms with E-state index in [4.69, 9.17) is 4.74 Å². The van der Waals surface area contributed by atoms with Gasteiger partial charge in [0.25, 0.3) is 0 Å². The summed E-state index contributed by atoms with van der Waals surface area (Å²) in [5.41, 5.74) is 4.08. The second-order valence-corrected chi connectivity index (χ2v) is 4.72. The lowest BCUT2D eigenvalue weighted by Crippen LogP contribution is -2.31. The maximum atomic E-state index is 5.26. The van der Waals surface area contributed by atoms with Gasteiger partial charge in [-0.15, -0.1) is 0 Å². The Kier molecular flexibility index (Phi) is 2.56. The van der Waals surface area contributed by atoms with Crippen LogP contribution in [0.2, 0.25) is 0 Å².